The maximum absolute atomic E-state index is 11.6. The van der Waals surface area contributed by atoms with Gasteiger partial charge in [0.25, 0.3) is 0 Å². The number of nitrogens with two attached hydrogens (primary N) is 1. The van der Waals surface area contributed by atoms with Crippen molar-refractivity contribution in [1.82, 2.24) is 0 Å². The highest BCUT2D eigenvalue weighted by Gasteiger charge is 2.36. The smallest absolute Gasteiger partial charge is 0.155 e. The van der Waals surface area contributed by atoms with E-state index in [9.17, 15) is 4.79 Å². The molecule has 3 heteroatoms. The van der Waals surface area contributed by atoms with E-state index in [1.54, 1.807) is 0 Å². The van der Waals surface area contributed by atoms with Crippen molar-refractivity contribution in [1.29, 1.82) is 0 Å². The van der Waals surface area contributed by atoms with Gasteiger partial charge in [0.15, 0.2) is 5.78 Å². The minimum absolute atomic E-state index is 0.179. The van der Waals surface area contributed by atoms with Gasteiger partial charge in [-0.15, -0.1) is 0 Å². The predicted molar refractivity (Wildman–Crippen MR) is 51.5 cm³/mol. The molecule has 0 aromatic rings. The number of Topliss-reactive ketones (excluding diaryl/α,β-unsaturated/α-hetero) is 1. The Labute approximate surface area is 79.6 Å². The fourth-order valence-electron chi connectivity index (χ4n) is 1.59. The molecule has 1 heterocycles. The van der Waals surface area contributed by atoms with Gasteiger partial charge in [-0.2, -0.15) is 0 Å². The molecule has 13 heavy (non-hydrogen) atoms. The van der Waals surface area contributed by atoms with Crippen LogP contribution in [0.2, 0.25) is 0 Å². The number of ether oxygens (including phenoxy) is 1. The van der Waals surface area contributed by atoms with Crippen molar-refractivity contribution in [2.75, 3.05) is 13.2 Å². The van der Waals surface area contributed by atoms with Crippen LogP contribution in [0.5, 0.6) is 0 Å². The molecule has 1 atom stereocenters. The molecule has 76 valence electrons. The number of carbonyl (C=O) groups is 1. The van der Waals surface area contributed by atoms with Crippen LogP contribution in [0.25, 0.3) is 0 Å². The van der Waals surface area contributed by atoms with Crippen LogP contribution in [0.1, 0.15) is 39.0 Å². The molecule has 0 radical (unpaired) electrons. The van der Waals surface area contributed by atoms with Crippen molar-refractivity contribution < 1.29 is 9.53 Å². The summed E-state index contributed by atoms with van der Waals surface area (Å²) >= 11 is 0. The number of rotatable bonds is 5. The fourth-order valence-corrected chi connectivity index (χ4v) is 1.59. The molecule has 0 aromatic carbocycles. The zero-order valence-corrected chi connectivity index (χ0v) is 8.34. The first-order valence-electron chi connectivity index (χ1n) is 5.09. The van der Waals surface area contributed by atoms with E-state index in [1.807, 2.05) is 0 Å². The van der Waals surface area contributed by atoms with Crippen molar-refractivity contribution in [3.8, 4) is 0 Å². The first-order chi connectivity index (χ1) is 6.19. The third-order valence-electron chi connectivity index (χ3n) is 2.61. The second kappa shape index (κ2) is 4.72. The van der Waals surface area contributed by atoms with Gasteiger partial charge >= 0.3 is 0 Å². The van der Waals surface area contributed by atoms with Crippen molar-refractivity contribution in [3.05, 3.63) is 0 Å². The Hall–Kier alpha value is -0.410. The Morgan fingerprint density at radius 2 is 2.31 bits per heavy atom. The molecular formula is C10H19NO2. The zero-order valence-electron chi connectivity index (χ0n) is 8.34. The topological polar surface area (TPSA) is 52.3 Å². The monoisotopic (exact) mass is 185 g/mol. The van der Waals surface area contributed by atoms with Crippen LogP contribution >= 0.6 is 0 Å². The van der Waals surface area contributed by atoms with Crippen LogP contribution in [0.4, 0.5) is 0 Å². The number of hydrogen-bond donors (Lipinski definition) is 1. The molecule has 2 N–H and O–H groups in total. The van der Waals surface area contributed by atoms with E-state index >= 15 is 0 Å². The van der Waals surface area contributed by atoms with Gasteiger partial charge in [-0.05, 0) is 12.8 Å². The highest BCUT2D eigenvalue weighted by Crippen LogP contribution is 2.19. The number of carbonyl (C=O) groups excluding carboxylic acids is 1. The summed E-state index contributed by atoms with van der Waals surface area (Å²) in [5.41, 5.74) is 5.25. The molecule has 1 aliphatic heterocycles. The van der Waals surface area contributed by atoms with Gasteiger partial charge in [-0.25, -0.2) is 0 Å². The van der Waals surface area contributed by atoms with E-state index in [4.69, 9.17) is 10.5 Å². The van der Waals surface area contributed by atoms with Crippen molar-refractivity contribution in [2.24, 2.45) is 5.73 Å². The summed E-state index contributed by atoms with van der Waals surface area (Å²) in [5.74, 6) is 0.179. The van der Waals surface area contributed by atoms with Gasteiger partial charge in [0, 0.05) is 13.0 Å². The second-order valence-electron chi connectivity index (χ2n) is 3.84. The molecule has 1 fully saturated rings. The lowest BCUT2D eigenvalue weighted by molar-refractivity contribution is -0.124. The molecule has 0 aliphatic carbocycles. The molecule has 0 bridgehead atoms. The van der Waals surface area contributed by atoms with E-state index in [0.717, 1.165) is 19.3 Å². The first-order valence-corrected chi connectivity index (χ1v) is 5.09. The normalized spacial score (nSPS) is 27.8. The molecule has 0 saturated carbocycles. The summed E-state index contributed by atoms with van der Waals surface area (Å²) < 4.78 is 5.14. The number of ketones is 1. The molecule has 3 nitrogen and oxygen atoms in total. The Morgan fingerprint density at radius 1 is 1.54 bits per heavy atom. The number of unbranched alkanes of at least 4 members (excludes halogenated alkanes) is 2. The lowest BCUT2D eigenvalue weighted by Crippen LogP contribution is -2.48. The first kappa shape index (κ1) is 10.7. The van der Waals surface area contributed by atoms with Gasteiger partial charge in [-0.1, -0.05) is 19.8 Å². The lowest BCUT2D eigenvalue weighted by Gasteiger charge is -2.19. The Kier molecular flexibility index (Phi) is 3.88. The minimum Gasteiger partial charge on any atom is -0.379 e. The minimum atomic E-state index is -0.659. The summed E-state index contributed by atoms with van der Waals surface area (Å²) in [5, 5.41) is 0. The van der Waals surface area contributed by atoms with Crippen LogP contribution in [0.3, 0.4) is 0 Å². The molecule has 0 spiro atoms. The van der Waals surface area contributed by atoms with Gasteiger partial charge in [-0.3, -0.25) is 4.79 Å². The van der Waals surface area contributed by atoms with E-state index in [-0.39, 0.29) is 5.78 Å². The van der Waals surface area contributed by atoms with E-state index < -0.39 is 5.54 Å². The lowest BCUT2D eigenvalue weighted by atomic mass is 9.91. The van der Waals surface area contributed by atoms with Gasteiger partial charge in [0.1, 0.15) is 5.54 Å². The van der Waals surface area contributed by atoms with Crippen LogP contribution < -0.4 is 5.73 Å². The fraction of sp³-hybridized carbons (Fsp3) is 0.900. The quantitative estimate of drug-likeness (QED) is 0.656. The van der Waals surface area contributed by atoms with Crippen LogP contribution in [0, 0.1) is 0 Å². The van der Waals surface area contributed by atoms with Crippen molar-refractivity contribution in [3.63, 3.8) is 0 Å². The molecule has 1 rings (SSSR count). The van der Waals surface area contributed by atoms with E-state index in [1.165, 1.54) is 0 Å². The van der Waals surface area contributed by atoms with Crippen LogP contribution in [0.15, 0.2) is 0 Å². The standard InChI is InChI=1S/C10H19NO2/c1-2-3-4-5-9(12)10(11)6-7-13-8-10/h2-8,11H2,1H3. The molecular weight excluding hydrogens is 166 g/mol. The summed E-state index contributed by atoms with van der Waals surface area (Å²) in [6.45, 7) is 3.18. The maximum Gasteiger partial charge on any atom is 0.155 e. The average Bonchev–Trinajstić information content (AvgIpc) is 2.54. The highest BCUT2D eigenvalue weighted by molar-refractivity contribution is 5.88. The summed E-state index contributed by atoms with van der Waals surface area (Å²) in [6, 6.07) is 0. The van der Waals surface area contributed by atoms with E-state index in [2.05, 4.69) is 6.92 Å². The average molecular weight is 185 g/mol. The van der Waals surface area contributed by atoms with Crippen molar-refractivity contribution >= 4 is 5.78 Å². The van der Waals surface area contributed by atoms with Crippen LogP contribution in [-0.4, -0.2) is 24.5 Å². The molecule has 1 unspecified atom stereocenters. The Bertz CT molecular complexity index is 174. The predicted octanol–water partition coefficient (Wildman–Crippen LogP) is 1.25. The zero-order chi connectivity index (χ0) is 9.73. The van der Waals surface area contributed by atoms with Gasteiger partial charge in [0.2, 0.25) is 0 Å². The van der Waals surface area contributed by atoms with E-state index in [0.29, 0.717) is 26.1 Å². The number of hydrogen-bond acceptors (Lipinski definition) is 3. The maximum atomic E-state index is 11.6. The Morgan fingerprint density at radius 3 is 2.85 bits per heavy atom. The summed E-state index contributed by atoms with van der Waals surface area (Å²) in [4.78, 5) is 11.6. The summed E-state index contributed by atoms with van der Waals surface area (Å²) in [7, 11) is 0. The molecule has 1 aliphatic rings. The van der Waals surface area contributed by atoms with Gasteiger partial charge in [0.05, 0.1) is 6.61 Å². The van der Waals surface area contributed by atoms with Gasteiger partial charge < -0.3 is 10.5 Å². The Balaban J connectivity index is 2.29. The largest absolute Gasteiger partial charge is 0.379 e. The van der Waals surface area contributed by atoms with Crippen molar-refractivity contribution in [2.45, 2.75) is 44.6 Å². The molecule has 0 aromatic heterocycles. The highest BCUT2D eigenvalue weighted by atomic mass is 16.5. The SMILES string of the molecule is CCCCCC(=O)C1(N)CCOC1. The molecule has 0 amide bonds. The second-order valence-corrected chi connectivity index (χ2v) is 3.84. The van der Waals surface area contributed by atoms with Crippen LogP contribution in [-0.2, 0) is 9.53 Å². The third kappa shape index (κ3) is 2.78. The summed E-state index contributed by atoms with van der Waals surface area (Å²) in [6.07, 6.45) is 4.53. The third-order valence-corrected chi connectivity index (χ3v) is 2.61. The molecule has 1 saturated heterocycles.